The number of nitrogens with zero attached hydrogens (tertiary/aromatic N) is 3. The third-order valence-corrected chi connectivity index (χ3v) is 6.51. The molecule has 1 atom stereocenters. The van der Waals surface area contributed by atoms with E-state index in [9.17, 15) is 14.4 Å². The standard InChI is InChI=1S/C18H24N4O3S/c23-16(13-3-6-19-7-4-13)20-9-10-21-15(12-20)17(24)22(18(21)25)8-5-14-2-1-11-26-14/h1-2,11,13,15,19H,3-10,12H2/t15-/m1/s1. The van der Waals surface area contributed by atoms with Crippen molar-refractivity contribution >= 4 is 29.2 Å². The van der Waals surface area contributed by atoms with Gasteiger partial charge in [0, 0.05) is 30.4 Å². The highest BCUT2D eigenvalue weighted by Crippen LogP contribution is 2.25. The first-order chi connectivity index (χ1) is 12.6. The molecule has 0 unspecified atom stereocenters. The van der Waals surface area contributed by atoms with Gasteiger partial charge < -0.3 is 15.1 Å². The quantitative estimate of drug-likeness (QED) is 0.788. The molecule has 1 aromatic heterocycles. The van der Waals surface area contributed by atoms with Gasteiger partial charge in [0.1, 0.15) is 6.04 Å². The van der Waals surface area contributed by atoms with Gasteiger partial charge in [0.25, 0.3) is 5.91 Å². The Morgan fingerprint density at radius 1 is 1.23 bits per heavy atom. The average Bonchev–Trinajstić information content (AvgIpc) is 3.28. The number of imide groups is 1. The fraction of sp³-hybridized carbons (Fsp3) is 0.611. The Balaban J connectivity index is 1.39. The molecule has 3 aliphatic rings. The molecule has 4 heterocycles. The number of rotatable bonds is 4. The SMILES string of the molecule is O=C(C1CCNCC1)N1CCN2C(=O)N(CCc3cccs3)C(=O)[C@H]2C1. The fourth-order valence-corrected chi connectivity index (χ4v) is 4.76. The summed E-state index contributed by atoms with van der Waals surface area (Å²) in [5, 5.41) is 5.27. The molecule has 4 rings (SSSR count). The van der Waals surface area contributed by atoms with Crippen LogP contribution in [0.2, 0.25) is 0 Å². The zero-order chi connectivity index (χ0) is 18.1. The maximum Gasteiger partial charge on any atom is 0.327 e. The molecule has 0 spiro atoms. The van der Waals surface area contributed by atoms with Crippen LogP contribution >= 0.6 is 11.3 Å². The van der Waals surface area contributed by atoms with E-state index in [4.69, 9.17) is 0 Å². The van der Waals surface area contributed by atoms with Gasteiger partial charge in [-0.15, -0.1) is 11.3 Å². The summed E-state index contributed by atoms with van der Waals surface area (Å²) >= 11 is 1.63. The Kier molecular flexibility index (Phi) is 4.95. The lowest BCUT2D eigenvalue weighted by Crippen LogP contribution is -2.56. The summed E-state index contributed by atoms with van der Waals surface area (Å²) in [7, 11) is 0. The van der Waals surface area contributed by atoms with Crippen LogP contribution < -0.4 is 5.32 Å². The summed E-state index contributed by atoms with van der Waals surface area (Å²) in [6.45, 7) is 3.45. The lowest BCUT2D eigenvalue weighted by Gasteiger charge is -2.37. The highest BCUT2D eigenvalue weighted by molar-refractivity contribution is 7.09. The summed E-state index contributed by atoms with van der Waals surface area (Å²) in [5.41, 5.74) is 0. The first-order valence-corrected chi connectivity index (χ1v) is 10.2. The van der Waals surface area contributed by atoms with Crippen LogP contribution in [0.1, 0.15) is 17.7 Å². The monoisotopic (exact) mass is 376 g/mol. The molecule has 0 aliphatic carbocycles. The zero-order valence-electron chi connectivity index (χ0n) is 14.7. The number of hydrogen-bond acceptors (Lipinski definition) is 5. The fourth-order valence-electron chi connectivity index (χ4n) is 4.06. The number of fused-ring (bicyclic) bond motifs is 1. The van der Waals surface area contributed by atoms with Crippen LogP contribution in [0.4, 0.5) is 4.79 Å². The molecule has 1 N–H and O–H groups in total. The number of piperazine rings is 1. The number of carbonyl (C=O) groups excluding carboxylic acids is 3. The van der Waals surface area contributed by atoms with Crippen LogP contribution in [0.15, 0.2) is 17.5 Å². The highest BCUT2D eigenvalue weighted by Gasteiger charge is 2.48. The summed E-state index contributed by atoms with van der Waals surface area (Å²) in [6, 6.07) is 3.28. The van der Waals surface area contributed by atoms with Gasteiger partial charge in [0.2, 0.25) is 5.91 Å². The van der Waals surface area contributed by atoms with Gasteiger partial charge in [-0.2, -0.15) is 0 Å². The minimum atomic E-state index is -0.509. The molecule has 140 valence electrons. The normalized spacial score (nSPS) is 24.3. The second-order valence-corrected chi connectivity index (χ2v) is 8.15. The van der Waals surface area contributed by atoms with Crippen molar-refractivity contribution in [1.29, 1.82) is 0 Å². The summed E-state index contributed by atoms with van der Waals surface area (Å²) in [5.74, 6) is 0.0303. The first kappa shape index (κ1) is 17.5. The third-order valence-electron chi connectivity index (χ3n) is 5.57. The molecule has 0 bridgehead atoms. The number of urea groups is 1. The number of hydrogen-bond donors (Lipinski definition) is 1. The van der Waals surface area contributed by atoms with Crippen molar-refractivity contribution < 1.29 is 14.4 Å². The molecule has 3 fully saturated rings. The molecule has 1 aromatic rings. The summed E-state index contributed by atoms with van der Waals surface area (Å²) in [4.78, 5) is 44.1. The molecular weight excluding hydrogens is 352 g/mol. The van der Waals surface area contributed by atoms with Gasteiger partial charge in [-0.25, -0.2) is 4.79 Å². The molecule has 7 nitrogen and oxygen atoms in total. The molecule has 0 aromatic carbocycles. The van der Waals surface area contributed by atoms with Crippen molar-refractivity contribution in [3.63, 3.8) is 0 Å². The van der Waals surface area contributed by atoms with Crippen molar-refractivity contribution in [1.82, 2.24) is 20.0 Å². The summed E-state index contributed by atoms with van der Waals surface area (Å²) < 4.78 is 0. The second-order valence-electron chi connectivity index (χ2n) is 7.12. The smallest absolute Gasteiger partial charge is 0.327 e. The Hall–Kier alpha value is -1.93. The van der Waals surface area contributed by atoms with Gasteiger partial charge in [-0.3, -0.25) is 14.5 Å². The van der Waals surface area contributed by atoms with Crippen molar-refractivity contribution in [2.75, 3.05) is 39.3 Å². The summed E-state index contributed by atoms with van der Waals surface area (Å²) in [6.07, 6.45) is 2.39. The molecule has 3 aliphatic heterocycles. The average molecular weight is 376 g/mol. The molecule has 0 saturated carbocycles. The van der Waals surface area contributed by atoms with Gasteiger partial charge in [0.05, 0.1) is 6.54 Å². The van der Waals surface area contributed by atoms with Gasteiger partial charge in [-0.1, -0.05) is 6.07 Å². The van der Waals surface area contributed by atoms with E-state index in [1.165, 1.54) is 4.90 Å². The van der Waals surface area contributed by atoms with Crippen LogP contribution in [0.3, 0.4) is 0 Å². The van der Waals surface area contributed by atoms with E-state index in [2.05, 4.69) is 5.32 Å². The van der Waals surface area contributed by atoms with Gasteiger partial charge in [-0.05, 0) is 43.8 Å². The second kappa shape index (κ2) is 7.36. The van der Waals surface area contributed by atoms with E-state index >= 15 is 0 Å². The minimum absolute atomic E-state index is 0.0462. The Labute approximate surface area is 156 Å². The third kappa shape index (κ3) is 3.23. The van der Waals surface area contributed by atoms with Crippen LogP contribution in [0.5, 0.6) is 0 Å². The first-order valence-electron chi connectivity index (χ1n) is 9.29. The predicted octanol–water partition coefficient (Wildman–Crippen LogP) is 0.765. The minimum Gasteiger partial charge on any atom is -0.338 e. The molecule has 4 amide bonds. The van der Waals surface area contributed by atoms with E-state index < -0.39 is 6.04 Å². The largest absolute Gasteiger partial charge is 0.338 e. The van der Waals surface area contributed by atoms with Crippen LogP contribution in [-0.4, -0.2) is 77.9 Å². The van der Waals surface area contributed by atoms with E-state index in [0.29, 0.717) is 32.6 Å². The molecular formula is C18H24N4O3S. The maximum absolute atomic E-state index is 12.8. The Morgan fingerprint density at radius 2 is 2.04 bits per heavy atom. The van der Waals surface area contributed by atoms with Crippen LogP contribution in [-0.2, 0) is 16.0 Å². The molecule has 8 heteroatoms. The Morgan fingerprint density at radius 3 is 2.77 bits per heavy atom. The van der Waals surface area contributed by atoms with Gasteiger partial charge in [0.15, 0.2) is 0 Å². The number of thiophene rings is 1. The van der Waals surface area contributed by atoms with E-state index in [1.807, 2.05) is 17.5 Å². The lowest BCUT2D eigenvalue weighted by atomic mass is 9.96. The van der Waals surface area contributed by atoms with Crippen molar-refractivity contribution in [3.8, 4) is 0 Å². The maximum atomic E-state index is 12.8. The molecule has 0 radical (unpaired) electrons. The molecule has 26 heavy (non-hydrogen) atoms. The van der Waals surface area contributed by atoms with Gasteiger partial charge >= 0.3 is 6.03 Å². The topological polar surface area (TPSA) is 73.0 Å². The van der Waals surface area contributed by atoms with Crippen molar-refractivity contribution in [2.45, 2.75) is 25.3 Å². The van der Waals surface area contributed by atoms with Crippen LogP contribution in [0, 0.1) is 5.92 Å². The lowest BCUT2D eigenvalue weighted by molar-refractivity contribution is -0.140. The zero-order valence-corrected chi connectivity index (χ0v) is 15.5. The molecule has 3 saturated heterocycles. The Bertz CT molecular complexity index is 687. The predicted molar refractivity (Wildman–Crippen MR) is 97.8 cm³/mol. The number of carbonyl (C=O) groups is 3. The number of piperidine rings is 1. The van der Waals surface area contributed by atoms with E-state index in [-0.39, 0.29) is 23.8 Å². The van der Waals surface area contributed by atoms with Crippen molar-refractivity contribution in [2.24, 2.45) is 5.92 Å². The van der Waals surface area contributed by atoms with E-state index in [0.717, 1.165) is 30.8 Å². The highest BCUT2D eigenvalue weighted by atomic mass is 32.1. The van der Waals surface area contributed by atoms with E-state index in [1.54, 1.807) is 21.1 Å². The van der Waals surface area contributed by atoms with Crippen LogP contribution in [0.25, 0.3) is 0 Å². The number of amides is 4. The van der Waals surface area contributed by atoms with Crippen molar-refractivity contribution in [3.05, 3.63) is 22.4 Å². The number of nitrogens with one attached hydrogen (secondary N) is 1.